The number of allylic oxidation sites excluding steroid dienone is 3. The third-order valence-corrected chi connectivity index (χ3v) is 9.98. The molecule has 3 atom stereocenters. The van der Waals surface area contributed by atoms with Crippen LogP contribution >= 0.6 is 0 Å². The van der Waals surface area contributed by atoms with Gasteiger partial charge in [-0.3, -0.25) is 4.79 Å². The van der Waals surface area contributed by atoms with Gasteiger partial charge < -0.3 is 20.6 Å². The number of amides is 1. The Bertz CT molecular complexity index is 724. The van der Waals surface area contributed by atoms with Crippen molar-refractivity contribution in [3.05, 3.63) is 24.3 Å². The third-order valence-electron chi connectivity index (χ3n) is 9.98. The van der Waals surface area contributed by atoms with Gasteiger partial charge in [-0.2, -0.15) is 0 Å². The van der Waals surface area contributed by atoms with Crippen molar-refractivity contribution in [3.8, 4) is 0 Å². The van der Waals surface area contributed by atoms with Gasteiger partial charge in [0.25, 0.3) is 0 Å². The first-order valence-corrected chi connectivity index (χ1v) is 21.6. The summed E-state index contributed by atoms with van der Waals surface area (Å²) in [5, 5.41) is 33.1. The van der Waals surface area contributed by atoms with Crippen molar-refractivity contribution in [2.45, 2.75) is 244 Å². The number of carbonyl (C=O) groups excluding carboxylic acids is 1. The van der Waals surface area contributed by atoms with Gasteiger partial charge in [0, 0.05) is 0 Å². The summed E-state index contributed by atoms with van der Waals surface area (Å²) in [6, 6.07) is -0.749. The van der Waals surface area contributed by atoms with Crippen LogP contribution in [0.4, 0.5) is 0 Å². The lowest BCUT2D eigenvalue weighted by Crippen LogP contribution is -2.45. The van der Waals surface area contributed by atoms with Crippen LogP contribution in [0.25, 0.3) is 0 Å². The van der Waals surface area contributed by atoms with Crippen molar-refractivity contribution in [2.24, 2.45) is 0 Å². The molecular weight excluding hydrogens is 606 g/mol. The molecule has 290 valence electrons. The van der Waals surface area contributed by atoms with E-state index in [1.54, 1.807) is 6.08 Å². The monoisotopic (exact) mass is 692 g/mol. The fourth-order valence-corrected chi connectivity index (χ4v) is 6.63. The maximum Gasteiger partial charge on any atom is 0.222 e. The molecule has 0 rings (SSSR count). The molecule has 0 fully saturated rings. The summed E-state index contributed by atoms with van der Waals surface area (Å²) in [7, 11) is 0. The van der Waals surface area contributed by atoms with E-state index in [9.17, 15) is 20.1 Å². The van der Waals surface area contributed by atoms with E-state index in [2.05, 4.69) is 31.3 Å². The Morgan fingerprint density at radius 2 is 0.857 bits per heavy atom. The fourth-order valence-electron chi connectivity index (χ4n) is 6.63. The molecule has 1 amide bonds. The summed E-state index contributed by atoms with van der Waals surface area (Å²) in [6.45, 7) is 4.19. The number of hydrogen-bond acceptors (Lipinski definition) is 4. The lowest BCUT2D eigenvalue weighted by molar-refractivity contribution is -0.124. The second-order valence-electron chi connectivity index (χ2n) is 15.0. The van der Waals surface area contributed by atoms with E-state index in [1.165, 1.54) is 167 Å². The zero-order valence-electron chi connectivity index (χ0n) is 32.8. The van der Waals surface area contributed by atoms with Crippen molar-refractivity contribution in [1.82, 2.24) is 5.32 Å². The van der Waals surface area contributed by atoms with Gasteiger partial charge in [-0.1, -0.05) is 199 Å². The van der Waals surface area contributed by atoms with E-state index in [-0.39, 0.29) is 18.9 Å². The van der Waals surface area contributed by atoms with Crippen molar-refractivity contribution >= 4 is 5.91 Å². The van der Waals surface area contributed by atoms with Gasteiger partial charge in [-0.05, 0) is 44.9 Å². The van der Waals surface area contributed by atoms with Gasteiger partial charge in [0.1, 0.15) is 0 Å². The van der Waals surface area contributed by atoms with Crippen LogP contribution in [0, 0.1) is 0 Å². The Kier molecular flexibility index (Phi) is 38.7. The number of carbonyl (C=O) groups is 1. The molecule has 0 spiro atoms. The fraction of sp³-hybridized carbons (Fsp3) is 0.886. The topological polar surface area (TPSA) is 89.8 Å². The third kappa shape index (κ3) is 36.4. The zero-order valence-corrected chi connectivity index (χ0v) is 32.8. The quantitative estimate of drug-likeness (QED) is 0.0381. The van der Waals surface area contributed by atoms with Gasteiger partial charge in [0.15, 0.2) is 0 Å². The first-order valence-electron chi connectivity index (χ1n) is 21.6. The summed E-state index contributed by atoms with van der Waals surface area (Å²) in [4.78, 5) is 12.4. The van der Waals surface area contributed by atoms with Gasteiger partial charge in [0.05, 0.1) is 31.3 Å². The first kappa shape index (κ1) is 47.8. The van der Waals surface area contributed by atoms with Gasteiger partial charge >= 0.3 is 0 Å². The molecule has 0 aliphatic carbocycles. The van der Waals surface area contributed by atoms with E-state index >= 15 is 0 Å². The predicted octanol–water partition coefficient (Wildman–Crippen LogP) is 12.2. The van der Waals surface area contributed by atoms with Crippen LogP contribution in [0.5, 0.6) is 0 Å². The molecule has 0 aliphatic rings. The Labute approximate surface area is 305 Å². The highest BCUT2D eigenvalue weighted by molar-refractivity contribution is 5.76. The van der Waals surface area contributed by atoms with E-state index in [0.717, 1.165) is 32.1 Å². The van der Waals surface area contributed by atoms with Crippen molar-refractivity contribution < 1.29 is 20.1 Å². The lowest BCUT2D eigenvalue weighted by Gasteiger charge is -2.20. The molecule has 0 saturated carbocycles. The molecule has 0 heterocycles. The number of rotatable bonds is 39. The maximum absolute atomic E-state index is 12.4. The summed E-state index contributed by atoms with van der Waals surface area (Å²) in [5.41, 5.74) is 0. The maximum atomic E-state index is 12.4. The van der Waals surface area contributed by atoms with Gasteiger partial charge in [-0.25, -0.2) is 0 Å². The zero-order chi connectivity index (χ0) is 35.9. The number of aliphatic hydroxyl groups excluding tert-OH is 3. The normalized spacial score (nSPS) is 13.8. The van der Waals surface area contributed by atoms with E-state index in [0.29, 0.717) is 6.42 Å². The standard InChI is InChI=1S/C44H85NO4/c1-3-5-7-9-11-13-15-16-17-18-19-20-21-22-23-24-25-26-28-30-32-34-36-38-43(48)42(40-46)45-44(49)39-41(47)37-35-33-31-29-27-14-12-10-8-6-4-2/h29,31,36,38,41-43,46-48H,3-28,30,32-35,37,39-40H2,1-2H3,(H,45,49)/b31-29-,38-36+. The van der Waals surface area contributed by atoms with Crippen LogP contribution in [0.1, 0.15) is 226 Å². The minimum absolute atomic E-state index is 0.00610. The second kappa shape index (κ2) is 39.6. The smallest absolute Gasteiger partial charge is 0.222 e. The molecule has 0 aromatic rings. The molecule has 0 saturated heterocycles. The summed E-state index contributed by atoms with van der Waals surface area (Å²) in [6.07, 6.45) is 47.6. The largest absolute Gasteiger partial charge is 0.394 e. The molecular formula is C44H85NO4. The van der Waals surface area contributed by atoms with Crippen LogP contribution in [-0.4, -0.2) is 46.1 Å². The number of nitrogens with one attached hydrogen (secondary N) is 1. The molecule has 0 aromatic carbocycles. The van der Waals surface area contributed by atoms with Crippen LogP contribution < -0.4 is 5.32 Å². The highest BCUT2D eigenvalue weighted by atomic mass is 16.3. The Balaban J connectivity index is 3.64. The predicted molar refractivity (Wildman–Crippen MR) is 213 cm³/mol. The Morgan fingerprint density at radius 1 is 0.510 bits per heavy atom. The van der Waals surface area contributed by atoms with Gasteiger partial charge in [0.2, 0.25) is 5.91 Å². The first-order chi connectivity index (χ1) is 24.0. The van der Waals surface area contributed by atoms with Gasteiger partial charge in [-0.15, -0.1) is 0 Å². The molecule has 0 radical (unpaired) electrons. The molecule has 49 heavy (non-hydrogen) atoms. The van der Waals surface area contributed by atoms with Crippen molar-refractivity contribution in [2.75, 3.05) is 6.61 Å². The minimum Gasteiger partial charge on any atom is -0.394 e. The Morgan fingerprint density at radius 3 is 1.24 bits per heavy atom. The van der Waals surface area contributed by atoms with Crippen LogP contribution in [0.2, 0.25) is 0 Å². The number of hydrogen-bond donors (Lipinski definition) is 4. The molecule has 0 aliphatic heterocycles. The summed E-state index contributed by atoms with van der Waals surface area (Å²) in [5.74, 6) is -0.332. The minimum atomic E-state index is -0.933. The van der Waals surface area contributed by atoms with E-state index < -0.39 is 18.2 Å². The van der Waals surface area contributed by atoms with E-state index in [4.69, 9.17) is 0 Å². The Hall–Kier alpha value is -1.17. The van der Waals surface area contributed by atoms with Crippen molar-refractivity contribution in [3.63, 3.8) is 0 Å². The molecule has 4 N–H and O–H groups in total. The average molecular weight is 692 g/mol. The second-order valence-corrected chi connectivity index (χ2v) is 15.0. The lowest BCUT2D eigenvalue weighted by atomic mass is 10.0. The highest BCUT2D eigenvalue weighted by Crippen LogP contribution is 2.16. The highest BCUT2D eigenvalue weighted by Gasteiger charge is 2.20. The van der Waals surface area contributed by atoms with Crippen LogP contribution in [0.15, 0.2) is 24.3 Å². The average Bonchev–Trinajstić information content (AvgIpc) is 3.09. The summed E-state index contributed by atoms with van der Waals surface area (Å²) >= 11 is 0. The van der Waals surface area contributed by atoms with E-state index in [1.807, 2.05) is 6.08 Å². The number of aliphatic hydroxyl groups is 3. The molecule has 3 unspecified atom stereocenters. The molecule has 5 heteroatoms. The van der Waals surface area contributed by atoms with Crippen molar-refractivity contribution in [1.29, 1.82) is 0 Å². The van der Waals surface area contributed by atoms with Crippen LogP contribution in [-0.2, 0) is 4.79 Å². The molecule has 5 nitrogen and oxygen atoms in total. The number of unbranched alkanes of at least 4 members (excludes halogenated alkanes) is 28. The molecule has 0 bridgehead atoms. The summed E-state index contributed by atoms with van der Waals surface area (Å²) < 4.78 is 0. The molecule has 0 aromatic heterocycles. The van der Waals surface area contributed by atoms with Crippen LogP contribution in [0.3, 0.4) is 0 Å². The SMILES string of the molecule is CCCCCCCC/C=C\CCCC(O)CC(=O)NC(CO)C(O)/C=C/CCCCCCCCCCCCCCCCCCCCCCC.